The van der Waals surface area contributed by atoms with Crippen molar-refractivity contribution in [3.05, 3.63) is 64.2 Å². The Bertz CT molecular complexity index is 1070. The van der Waals surface area contributed by atoms with Crippen molar-refractivity contribution in [2.45, 2.75) is 65.5 Å². The van der Waals surface area contributed by atoms with Crippen molar-refractivity contribution in [3.63, 3.8) is 0 Å². The number of nitrogens with one attached hydrogen (secondary N) is 1. The molecule has 4 rings (SSSR count). The van der Waals surface area contributed by atoms with Crippen LogP contribution in [0.1, 0.15) is 65.2 Å². The maximum Gasteiger partial charge on any atom is 0.255 e. The smallest absolute Gasteiger partial charge is 0.255 e. The van der Waals surface area contributed by atoms with E-state index in [1.807, 2.05) is 62.1 Å². The molecule has 0 spiro atoms. The molecule has 0 aliphatic carbocycles. The second kappa shape index (κ2) is 9.77. The molecule has 2 heterocycles. The van der Waals surface area contributed by atoms with Gasteiger partial charge in [-0.05, 0) is 68.0 Å². The van der Waals surface area contributed by atoms with Gasteiger partial charge in [0.2, 0.25) is 11.8 Å². The Labute approximate surface area is 196 Å². The quantitative estimate of drug-likeness (QED) is 0.763. The maximum atomic E-state index is 13.8. The normalized spacial score (nSPS) is 18.0. The van der Waals surface area contributed by atoms with Crippen LogP contribution < -0.4 is 5.32 Å². The average molecular weight is 448 g/mol. The number of rotatable bonds is 4. The zero-order valence-corrected chi connectivity index (χ0v) is 19.8. The van der Waals surface area contributed by atoms with Gasteiger partial charge in [0.15, 0.2) is 0 Å². The number of piperidine rings is 1. The van der Waals surface area contributed by atoms with Crippen molar-refractivity contribution < 1.29 is 14.4 Å². The Balaban J connectivity index is 1.69. The molecule has 174 valence electrons. The van der Waals surface area contributed by atoms with Gasteiger partial charge >= 0.3 is 0 Å². The molecular weight excluding hydrogens is 414 g/mol. The van der Waals surface area contributed by atoms with E-state index >= 15 is 0 Å². The standard InChI is InChI=1S/C27H33N3O3/c1-4-25(31)28-22-11-10-20-16-24(27(33)29-12-6-5-7-13-29)30(17-21(20)15-22)26(32)23-14-18(2)8-9-19(23)3/h8-11,14-15,24H,4-7,12-13,16-17H2,1-3H3,(H,28,31). The van der Waals surface area contributed by atoms with Crippen LogP contribution >= 0.6 is 0 Å². The highest BCUT2D eigenvalue weighted by Crippen LogP contribution is 2.30. The molecule has 1 N–H and O–H groups in total. The third-order valence-electron chi connectivity index (χ3n) is 6.78. The number of carbonyl (C=O) groups is 3. The zero-order chi connectivity index (χ0) is 23.5. The molecule has 2 aromatic rings. The minimum atomic E-state index is -0.515. The highest BCUT2D eigenvalue weighted by atomic mass is 16.2. The summed E-state index contributed by atoms with van der Waals surface area (Å²) in [5.74, 6) is -0.116. The number of hydrogen-bond acceptors (Lipinski definition) is 3. The van der Waals surface area contributed by atoms with Gasteiger partial charge in [0.1, 0.15) is 6.04 Å². The molecule has 1 atom stereocenters. The van der Waals surface area contributed by atoms with Crippen molar-refractivity contribution in [2.75, 3.05) is 18.4 Å². The topological polar surface area (TPSA) is 69.7 Å². The first-order valence-corrected chi connectivity index (χ1v) is 12.0. The molecule has 1 saturated heterocycles. The summed E-state index contributed by atoms with van der Waals surface area (Å²) in [5, 5.41) is 2.90. The summed E-state index contributed by atoms with van der Waals surface area (Å²) >= 11 is 0. The Morgan fingerprint density at radius 1 is 0.970 bits per heavy atom. The highest BCUT2D eigenvalue weighted by Gasteiger charge is 2.38. The van der Waals surface area contributed by atoms with Crippen molar-refractivity contribution in [1.29, 1.82) is 0 Å². The van der Waals surface area contributed by atoms with Gasteiger partial charge in [0.05, 0.1) is 0 Å². The summed E-state index contributed by atoms with van der Waals surface area (Å²) in [6.45, 7) is 7.59. The number of fused-ring (bicyclic) bond motifs is 1. The Kier molecular flexibility index (Phi) is 6.82. The first-order chi connectivity index (χ1) is 15.9. The molecule has 1 unspecified atom stereocenters. The molecule has 3 amide bonds. The number of benzene rings is 2. The molecule has 0 saturated carbocycles. The lowest BCUT2D eigenvalue weighted by Gasteiger charge is -2.40. The summed E-state index contributed by atoms with van der Waals surface area (Å²) in [4.78, 5) is 42.9. The van der Waals surface area contributed by atoms with Crippen LogP contribution in [-0.2, 0) is 22.6 Å². The van der Waals surface area contributed by atoms with Crippen molar-refractivity contribution in [1.82, 2.24) is 9.80 Å². The summed E-state index contributed by atoms with van der Waals surface area (Å²) in [6.07, 6.45) is 4.07. The van der Waals surface area contributed by atoms with Crippen LogP contribution in [0.3, 0.4) is 0 Å². The van der Waals surface area contributed by atoms with Crippen LogP contribution in [0.2, 0.25) is 0 Å². The Morgan fingerprint density at radius 3 is 2.45 bits per heavy atom. The third kappa shape index (κ3) is 4.95. The molecule has 0 aromatic heterocycles. The van der Waals surface area contributed by atoms with Gasteiger partial charge in [-0.15, -0.1) is 0 Å². The minimum absolute atomic E-state index is 0.0439. The van der Waals surface area contributed by atoms with Gasteiger partial charge < -0.3 is 15.1 Å². The van der Waals surface area contributed by atoms with Gasteiger partial charge in [-0.25, -0.2) is 0 Å². The number of amides is 3. The van der Waals surface area contributed by atoms with Gasteiger partial charge in [0.25, 0.3) is 5.91 Å². The molecule has 2 aliphatic heterocycles. The second-order valence-electron chi connectivity index (χ2n) is 9.24. The fourth-order valence-corrected chi connectivity index (χ4v) is 4.79. The lowest BCUT2D eigenvalue weighted by Crippen LogP contribution is -2.54. The third-order valence-corrected chi connectivity index (χ3v) is 6.78. The van der Waals surface area contributed by atoms with Crippen LogP contribution in [0, 0.1) is 13.8 Å². The van der Waals surface area contributed by atoms with Gasteiger partial charge in [-0.3, -0.25) is 14.4 Å². The monoisotopic (exact) mass is 447 g/mol. The Morgan fingerprint density at radius 2 is 1.73 bits per heavy atom. The predicted molar refractivity (Wildman–Crippen MR) is 129 cm³/mol. The molecule has 0 bridgehead atoms. The fourth-order valence-electron chi connectivity index (χ4n) is 4.79. The van der Waals surface area contributed by atoms with E-state index in [9.17, 15) is 14.4 Å². The number of aryl methyl sites for hydroxylation is 2. The minimum Gasteiger partial charge on any atom is -0.341 e. The lowest BCUT2D eigenvalue weighted by atomic mass is 9.91. The molecule has 2 aromatic carbocycles. The van der Waals surface area contributed by atoms with Crippen LogP contribution in [0.15, 0.2) is 36.4 Å². The van der Waals surface area contributed by atoms with Crippen LogP contribution in [0.25, 0.3) is 0 Å². The lowest BCUT2D eigenvalue weighted by molar-refractivity contribution is -0.137. The number of likely N-dealkylation sites (tertiary alicyclic amines) is 1. The summed E-state index contributed by atoms with van der Waals surface area (Å²) in [6, 6.07) is 11.2. The van der Waals surface area contributed by atoms with E-state index in [4.69, 9.17) is 0 Å². The number of carbonyl (C=O) groups excluding carboxylic acids is 3. The molecule has 6 nitrogen and oxygen atoms in total. The summed E-state index contributed by atoms with van der Waals surface area (Å²) < 4.78 is 0. The first-order valence-electron chi connectivity index (χ1n) is 12.0. The van der Waals surface area contributed by atoms with Gasteiger partial charge in [0, 0.05) is 43.7 Å². The van der Waals surface area contributed by atoms with Crippen LogP contribution in [0.4, 0.5) is 5.69 Å². The predicted octanol–water partition coefficient (Wildman–Crippen LogP) is 4.23. The summed E-state index contributed by atoms with van der Waals surface area (Å²) in [5.41, 5.74) is 5.33. The summed E-state index contributed by atoms with van der Waals surface area (Å²) in [7, 11) is 0. The second-order valence-corrected chi connectivity index (χ2v) is 9.24. The Hall–Kier alpha value is -3.15. The number of anilines is 1. The van der Waals surface area contributed by atoms with E-state index in [2.05, 4.69) is 5.32 Å². The number of hydrogen-bond donors (Lipinski definition) is 1. The molecule has 6 heteroatoms. The fraction of sp³-hybridized carbons (Fsp3) is 0.444. The van der Waals surface area contributed by atoms with Crippen LogP contribution in [-0.4, -0.2) is 46.7 Å². The highest BCUT2D eigenvalue weighted by molar-refractivity contribution is 5.99. The molecule has 0 radical (unpaired) electrons. The van der Waals surface area contributed by atoms with E-state index in [1.165, 1.54) is 0 Å². The largest absolute Gasteiger partial charge is 0.341 e. The molecular formula is C27H33N3O3. The molecule has 1 fully saturated rings. The molecule has 2 aliphatic rings. The first kappa shape index (κ1) is 23.0. The van der Waals surface area contributed by atoms with Crippen molar-refractivity contribution >= 4 is 23.4 Å². The average Bonchev–Trinajstić information content (AvgIpc) is 2.84. The van der Waals surface area contributed by atoms with Crippen molar-refractivity contribution in [3.8, 4) is 0 Å². The van der Waals surface area contributed by atoms with E-state index in [1.54, 1.807) is 4.90 Å². The van der Waals surface area contributed by atoms with Crippen molar-refractivity contribution in [2.24, 2.45) is 0 Å². The zero-order valence-electron chi connectivity index (χ0n) is 19.8. The van der Waals surface area contributed by atoms with Crippen LogP contribution in [0.5, 0.6) is 0 Å². The molecule has 33 heavy (non-hydrogen) atoms. The van der Waals surface area contributed by atoms with E-state index in [-0.39, 0.29) is 17.7 Å². The number of nitrogens with zero attached hydrogens (tertiary/aromatic N) is 2. The maximum absolute atomic E-state index is 13.8. The SMILES string of the molecule is CCC(=O)Nc1ccc2c(c1)CN(C(=O)c1cc(C)ccc1C)C(C(=O)N1CCCCC1)C2. The van der Waals surface area contributed by atoms with Gasteiger partial charge in [-0.1, -0.05) is 30.7 Å². The van der Waals surface area contributed by atoms with E-state index in [0.29, 0.717) is 24.9 Å². The van der Waals surface area contributed by atoms with E-state index in [0.717, 1.165) is 60.3 Å². The van der Waals surface area contributed by atoms with E-state index < -0.39 is 6.04 Å². The van der Waals surface area contributed by atoms with Gasteiger partial charge in [-0.2, -0.15) is 0 Å².